The first-order valence-electron chi connectivity index (χ1n) is 17.3. The summed E-state index contributed by atoms with van der Waals surface area (Å²) in [7, 11) is 0. The highest BCUT2D eigenvalue weighted by atomic mass is 19.3. The minimum atomic E-state index is -2.84. The topological polar surface area (TPSA) is 123 Å². The van der Waals surface area contributed by atoms with Gasteiger partial charge in [0.25, 0.3) is 17.7 Å². The first-order valence-corrected chi connectivity index (χ1v) is 17.3. The van der Waals surface area contributed by atoms with E-state index in [9.17, 15) is 22.8 Å². The molecule has 6 rings (SSSR count). The van der Waals surface area contributed by atoms with Gasteiger partial charge in [-0.2, -0.15) is 0 Å². The van der Waals surface area contributed by atoms with E-state index >= 15 is 0 Å². The fourth-order valence-corrected chi connectivity index (χ4v) is 6.95. The van der Waals surface area contributed by atoms with E-state index in [-0.39, 0.29) is 35.4 Å². The summed E-state index contributed by atoms with van der Waals surface area (Å²) in [5.74, 6) is -3.03. The lowest BCUT2D eigenvalue weighted by atomic mass is 9.85. The van der Waals surface area contributed by atoms with Crippen LogP contribution in [0.1, 0.15) is 94.9 Å². The van der Waals surface area contributed by atoms with Gasteiger partial charge in [0.1, 0.15) is 35.3 Å². The minimum Gasteiger partial charge on any atom is -0.490 e. The third kappa shape index (κ3) is 7.96. The molecule has 0 spiro atoms. The molecule has 3 aromatic rings. The average Bonchev–Trinajstić information content (AvgIpc) is 3.04. The summed E-state index contributed by atoms with van der Waals surface area (Å²) in [4.78, 5) is 40.7. The van der Waals surface area contributed by atoms with E-state index in [1.54, 1.807) is 24.9 Å². The zero-order valence-corrected chi connectivity index (χ0v) is 29.7. The second-order valence-electron chi connectivity index (χ2n) is 14.6. The maximum absolute atomic E-state index is 14.5. The van der Waals surface area contributed by atoms with Crippen molar-refractivity contribution in [2.75, 3.05) is 24.5 Å². The quantitative estimate of drug-likeness (QED) is 0.248. The number of hydrogen-bond acceptors (Lipinski definition) is 10. The fraction of sp³-hybridized carbons (Fsp3) is 0.556. The third-order valence-corrected chi connectivity index (χ3v) is 9.37. The van der Waals surface area contributed by atoms with Crippen LogP contribution in [0.15, 0.2) is 36.8 Å². The van der Waals surface area contributed by atoms with Crippen LogP contribution in [-0.2, 0) is 11.2 Å². The Morgan fingerprint density at radius 3 is 2.43 bits per heavy atom. The maximum atomic E-state index is 14.5. The van der Waals surface area contributed by atoms with Crippen LogP contribution in [0.4, 0.5) is 23.8 Å². The number of aromatic nitrogens is 4. The monoisotopic (exact) mass is 711 g/mol. The van der Waals surface area contributed by atoms with Crippen molar-refractivity contribution in [3.05, 3.63) is 59.4 Å². The van der Waals surface area contributed by atoms with Crippen molar-refractivity contribution in [2.45, 2.75) is 109 Å². The minimum absolute atomic E-state index is 0.0110. The van der Waals surface area contributed by atoms with E-state index in [0.717, 1.165) is 23.4 Å². The van der Waals surface area contributed by atoms with Gasteiger partial charge in [-0.1, -0.05) is 0 Å². The van der Waals surface area contributed by atoms with Gasteiger partial charge in [-0.05, 0) is 65.8 Å². The second kappa shape index (κ2) is 14.1. The van der Waals surface area contributed by atoms with Gasteiger partial charge in [0.05, 0.1) is 17.3 Å². The van der Waals surface area contributed by atoms with Crippen LogP contribution in [0.5, 0.6) is 17.4 Å². The van der Waals surface area contributed by atoms with E-state index in [0.29, 0.717) is 50.5 Å². The molecule has 1 aromatic carbocycles. The van der Waals surface area contributed by atoms with E-state index in [2.05, 4.69) is 20.2 Å². The number of hydrogen-bond donors (Lipinski definition) is 0. The number of carbonyl (C=O) groups excluding carboxylic acids is 2. The molecule has 15 heteroatoms. The highest BCUT2D eigenvalue weighted by Gasteiger charge is 2.50. The highest BCUT2D eigenvalue weighted by molar-refractivity contribution is 5.97. The molecule has 51 heavy (non-hydrogen) atoms. The molecular weight excluding hydrogens is 667 g/mol. The van der Waals surface area contributed by atoms with Gasteiger partial charge in [-0.3, -0.25) is 9.78 Å². The maximum Gasteiger partial charge on any atom is 0.410 e. The molecule has 2 aliphatic heterocycles. The summed E-state index contributed by atoms with van der Waals surface area (Å²) in [6.07, 6.45) is 3.44. The summed E-state index contributed by atoms with van der Waals surface area (Å²) in [6, 6.07) is 3.98. The molecular formula is C36H44F3N7O5. The number of ether oxygens (including phenoxy) is 3. The van der Waals surface area contributed by atoms with Crippen LogP contribution in [0, 0.1) is 5.82 Å². The summed E-state index contributed by atoms with van der Waals surface area (Å²) >= 11 is 0. The number of amides is 2. The van der Waals surface area contributed by atoms with Crippen molar-refractivity contribution < 1.29 is 37.0 Å². The van der Waals surface area contributed by atoms with Crippen molar-refractivity contribution in [1.82, 2.24) is 30.0 Å². The van der Waals surface area contributed by atoms with Crippen LogP contribution in [0.25, 0.3) is 0 Å². The molecule has 1 unspecified atom stereocenters. The van der Waals surface area contributed by atoms with Crippen molar-refractivity contribution in [1.29, 1.82) is 0 Å². The molecule has 0 bridgehead atoms. The molecule has 0 N–H and O–H groups in total. The number of halogens is 3. The van der Waals surface area contributed by atoms with Gasteiger partial charge >= 0.3 is 6.09 Å². The Balaban J connectivity index is 1.15. The highest BCUT2D eigenvalue weighted by Crippen LogP contribution is 2.43. The Morgan fingerprint density at radius 2 is 1.76 bits per heavy atom. The number of anilines is 1. The molecule has 2 amide bonds. The van der Waals surface area contributed by atoms with Gasteiger partial charge in [0, 0.05) is 75.6 Å². The van der Waals surface area contributed by atoms with Crippen molar-refractivity contribution in [3.8, 4) is 17.4 Å². The molecule has 2 aromatic heterocycles. The van der Waals surface area contributed by atoms with Crippen LogP contribution in [-0.4, -0.2) is 91.3 Å². The zero-order chi connectivity index (χ0) is 36.7. The SMILES string of the molecule is CC1c2c(OC3CCN(c4ncnnc4Oc4ccc(F)cc4C(=O)N(C(C)C)C4CC(F)(F)C4)CC3)ccnc2CCN1C(=O)OC(C)(C)C. The predicted molar refractivity (Wildman–Crippen MR) is 181 cm³/mol. The molecule has 1 saturated heterocycles. The molecule has 1 saturated carbocycles. The third-order valence-electron chi connectivity index (χ3n) is 9.37. The van der Waals surface area contributed by atoms with E-state index in [4.69, 9.17) is 14.2 Å². The summed E-state index contributed by atoms with van der Waals surface area (Å²) < 4.78 is 60.3. The normalized spacial score (nSPS) is 19.3. The lowest BCUT2D eigenvalue weighted by Gasteiger charge is -2.44. The molecule has 2 fully saturated rings. The Morgan fingerprint density at radius 1 is 1.04 bits per heavy atom. The number of alkyl halides is 2. The van der Waals surface area contributed by atoms with E-state index < -0.39 is 48.2 Å². The molecule has 1 aliphatic carbocycles. The summed E-state index contributed by atoms with van der Waals surface area (Å²) in [5.41, 5.74) is 1.05. The second-order valence-corrected chi connectivity index (χ2v) is 14.6. The van der Waals surface area contributed by atoms with E-state index in [1.807, 2.05) is 38.7 Å². The van der Waals surface area contributed by atoms with Crippen molar-refractivity contribution in [3.63, 3.8) is 0 Å². The van der Waals surface area contributed by atoms with Crippen LogP contribution in [0.3, 0.4) is 0 Å². The predicted octanol–water partition coefficient (Wildman–Crippen LogP) is 6.75. The Bertz CT molecular complexity index is 1760. The Kier molecular flexibility index (Phi) is 10.0. The first kappa shape index (κ1) is 36.1. The number of fused-ring (bicyclic) bond motifs is 1. The van der Waals surface area contributed by atoms with Gasteiger partial charge in [0.15, 0.2) is 5.82 Å². The van der Waals surface area contributed by atoms with Crippen LogP contribution < -0.4 is 14.4 Å². The Hall–Kier alpha value is -4.69. The van der Waals surface area contributed by atoms with Crippen LogP contribution in [0.2, 0.25) is 0 Å². The molecule has 12 nitrogen and oxygen atoms in total. The van der Waals surface area contributed by atoms with Gasteiger partial charge in [-0.15, -0.1) is 10.2 Å². The number of piperidine rings is 1. The van der Waals surface area contributed by atoms with Crippen molar-refractivity contribution >= 4 is 17.8 Å². The van der Waals surface area contributed by atoms with Gasteiger partial charge in [-0.25, -0.2) is 22.9 Å². The molecule has 274 valence electrons. The lowest BCUT2D eigenvalue weighted by molar-refractivity contribution is -0.120. The Labute approximate surface area is 295 Å². The lowest BCUT2D eigenvalue weighted by Crippen LogP contribution is -2.55. The molecule has 0 radical (unpaired) electrons. The molecule has 1 atom stereocenters. The largest absolute Gasteiger partial charge is 0.490 e. The summed E-state index contributed by atoms with van der Waals surface area (Å²) in [5, 5.41) is 8.03. The van der Waals surface area contributed by atoms with E-state index in [1.165, 1.54) is 17.3 Å². The average molecular weight is 712 g/mol. The number of carbonyl (C=O) groups is 2. The molecule has 4 heterocycles. The number of rotatable bonds is 8. The standard InChI is InChI=1S/C36H44F3N7O5/c1-21(2)46(24-18-36(38,39)19-24)33(47)26-17-23(37)7-8-28(26)50-32-31(41-20-42-43-32)44-14-10-25(11-15-44)49-29-9-13-40-27-12-16-45(22(3)30(27)29)34(48)51-35(4,5)6/h7-9,13,17,20-22,24-25H,10-12,14-16,18-19H2,1-6H3. The summed E-state index contributed by atoms with van der Waals surface area (Å²) in [6.45, 7) is 12.5. The number of nitrogens with zero attached hydrogens (tertiary/aromatic N) is 7. The van der Waals surface area contributed by atoms with Gasteiger partial charge in [0.2, 0.25) is 0 Å². The molecule has 3 aliphatic rings. The smallest absolute Gasteiger partial charge is 0.410 e. The zero-order valence-electron chi connectivity index (χ0n) is 29.7. The first-order chi connectivity index (χ1) is 24.1. The number of benzene rings is 1. The fourth-order valence-electron chi connectivity index (χ4n) is 6.95. The number of pyridine rings is 1. The van der Waals surface area contributed by atoms with Crippen molar-refractivity contribution in [2.24, 2.45) is 0 Å². The van der Waals surface area contributed by atoms with Crippen LogP contribution >= 0.6 is 0 Å². The van der Waals surface area contributed by atoms with Gasteiger partial charge < -0.3 is 28.9 Å².